The van der Waals surface area contributed by atoms with Crippen molar-refractivity contribution in [3.63, 3.8) is 0 Å². The summed E-state index contributed by atoms with van der Waals surface area (Å²) < 4.78 is 0. The highest BCUT2D eigenvalue weighted by molar-refractivity contribution is 6.30. The Morgan fingerprint density at radius 2 is 2.31 bits per heavy atom. The number of halogens is 1. The highest BCUT2D eigenvalue weighted by atomic mass is 35.5. The van der Waals surface area contributed by atoms with Crippen LogP contribution >= 0.6 is 11.6 Å². The van der Waals surface area contributed by atoms with Crippen LogP contribution in [0.25, 0.3) is 0 Å². The van der Waals surface area contributed by atoms with Crippen molar-refractivity contribution in [2.75, 3.05) is 6.61 Å². The molecule has 0 aliphatic carbocycles. The number of hydrogen-bond donors (Lipinski definition) is 1. The van der Waals surface area contributed by atoms with Gasteiger partial charge < -0.3 is 5.11 Å². The molecule has 13 heavy (non-hydrogen) atoms. The summed E-state index contributed by atoms with van der Waals surface area (Å²) in [7, 11) is 0. The number of aliphatic hydroxyl groups is 1. The van der Waals surface area contributed by atoms with E-state index in [1.54, 1.807) is 25.1 Å². The van der Waals surface area contributed by atoms with Gasteiger partial charge >= 0.3 is 0 Å². The Labute approximate surface area is 82.4 Å². The Morgan fingerprint density at radius 1 is 1.62 bits per heavy atom. The molecule has 0 atom stereocenters. The summed E-state index contributed by atoms with van der Waals surface area (Å²) in [6.45, 7) is 1.71. The van der Waals surface area contributed by atoms with Crippen LogP contribution in [0.2, 0.25) is 5.02 Å². The first kappa shape index (κ1) is 10.0. The van der Waals surface area contributed by atoms with Crippen molar-refractivity contribution in [1.29, 1.82) is 5.26 Å². The third-order valence-corrected chi connectivity index (χ3v) is 2.03. The molecule has 1 rings (SSSR count). The number of nitrogens with zero attached hydrogens (tertiary/aromatic N) is 1. The SMILES string of the molecule is C[C](CO)c1cc(Cl)ccc1C#N. The molecule has 0 amide bonds. The largest absolute Gasteiger partial charge is 0.395 e. The fraction of sp³-hybridized carbons (Fsp3) is 0.200. The minimum Gasteiger partial charge on any atom is -0.395 e. The van der Waals surface area contributed by atoms with Gasteiger partial charge in [0.05, 0.1) is 18.2 Å². The highest BCUT2D eigenvalue weighted by Crippen LogP contribution is 2.22. The predicted molar refractivity (Wildman–Crippen MR) is 51.3 cm³/mol. The summed E-state index contributed by atoms with van der Waals surface area (Å²) in [4.78, 5) is 0. The maximum Gasteiger partial charge on any atom is 0.0994 e. The lowest BCUT2D eigenvalue weighted by Crippen LogP contribution is -2.02. The molecule has 0 unspecified atom stereocenters. The van der Waals surface area contributed by atoms with Gasteiger partial charge in [-0.3, -0.25) is 0 Å². The zero-order valence-electron chi connectivity index (χ0n) is 7.21. The van der Waals surface area contributed by atoms with Gasteiger partial charge in [-0.2, -0.15) is 5.26 Å². The van der Waals surface area contributed by atoms with Gasteiger partial charge in [-0.25, -0.2) is 0 Å². The lowest BCUT2D eigenvalue weighted by Gasteiger charge is -2.09. The Bertz CT molecular complexity index is 343. The summed E-state index contributed by atoms with van der Waals surface area (Å²) in [5.74, 6) is 0.749. The number of nitriles is 1. The van der Waals surface area contributed by atoms with Crippen molar-refractivity contribution in [3.05, 3.63) is 40.3 Å². The molecule has 0 bridgehead atoms. The van der Waals surface area contributed by atoms with Gasteiger partial charge in [0.1, 0.15) is 0 Å². The van der Waals surface area contributed by atoms with Crippen molar-refractivity contribution < 1.29 is 5.11 Å². The van der Waals surface area contributed by atoms with E-state index in [0.29, 0.717) is 10.6 Å². The lowest BCUT2D eigenvalue weighted by molar-refractivity contribution is 0.315. The summed E-state index contributed by atoms with van der Waals surface area (Å²) in [6.07, 6.45) is 0. The van der Waals surface area contributed by atoms with Gasteiger partial charge in [0.25, 0.3) is 0 Å². The van der Waals surface area contributed by atoms with Gasteiger partial charge in [0.15, 0.2) is 0 Å². The zero-order valence-corrected chi connectivity index (χ0v) is 7.97. The van der Waals surface area contributed by atoms with Gasteiger partial charge in [-0.1, -0.05) is 18.5 Å². The third kappa shape index (κ3) is 2.21. The standard InChI is InChI=1S/C10H9ClNO/c1-7(6-13)10-4-9(11)3-2-8(10)5-12/h2-4,13H,6H2,1H3. The third-order valence-electron chi connectivity index (χ3n) is 1.80. The molecular weight excluding hydrogens is 186 g/mol. The summed E-state index contributed by atoms with van der Waals surface area (Å²) >= 11 is 5.77. The number of hydrogen-bond acceptors (Lipinski definition) is 2. The van der Waals surface area contributed by atoms with Crippen molar-refractivity contribution in [1.82, 2.24) is 0 Å². The molecule has 0 saturated carbocycles. The van der Waals surface area contributed by atoms with Gasteiger partial charge in [-0.05, 0) is 23.8 Å². The predicted octanol–water partition coefficient (Wildman–Crippen LogP) is 2.15. The van der Waals surface area contributed by atoms with E-state index in [2.05, 4.69) is 0 Å². The molecule has 0 fully saturated rings. The highest BCUT2D eigenvalue weighted by Gasteiger charge is 2.10. The van der Waals surface area contributed by atoms with Crippen molar-refractivity contribution in [3.8, 4) is 6.07 Å². The van der Waals surface area contributed by atoms with E-state index in [1.165, 1.54) is 0 Å². The van der Waals surface area contributed by atoms with Crippen molar-refractivity contribution >= 4 is 11.6 Å². The van der Waals surface area contributed by atoms with Crippen LogP contribution in [0.4, 0.5) is 0 Å². The first-order chi connectivity index (χ1) is 6.19. The van der Waals surface area contributed by atoms with E-state index in [9.17, 15) is 0 Å². The maximum atomic E-state index is 8.91. The normalized spacial score (nSPS) is 10.1. The first-order valence-electron chi connectivity index (χ1n) is 3.82. The van der Waals surface area contributed by atoms with E-state index in [4.69, 9.17) is 22.0 Å². The minimum absolute atomic E-state index is 0.0605. The Kier molecular flexibility index (Phi) is 3.30. The molecule has 0 aliphatic heterocycles. The van der Waals surface area contributed by atoms with E-state index in [0.717, 1.165) is 11.5 Å². The lowest BCUT2D eigenvalue weighted by atomic mass is 9.97. The topological polar surface area (TPSA) is 44.0 Å². The molecule has 2 nitrogen and oxygen atoms in total. The fourth-order valence-corrected chi connectivity index (χ4v) is 1.22. The maximum absolute atomic E-state index is 8.91. The molecule has 0 saturated heterocycles. The van der Waals surface area contributed by atoms with Crippen LogP contribution in [0, 0.1) is 17.2 Å². The van der Waals surface area contributed by atoms with Gasteiger partial charge in [0.2, 0.25) is 0 Å². The van der Waals surface area contributed by atoms with E-state index in [-0.39, 0.29) is 6.61 Å². The monoisotopic (exact) mass is 194 g/mol. The second kappa shape index (κ2) is 4.27. The van der Waals surface area contributed by atoms with E-state index < -0.39 is 0 Å². The Morgan fingerprint density at radius 3 is 2.85 bits per heavy atom. The van der Waals surface area contributed by atoms with Crippen molar-refractivity contribution in [2.45, 2.75) is 6.92 Å². The van der Waals surface area contributed by atoms with Crippen LogP contribution in [0.1, 0.15) is 18.1 Å². The zero-order chi connectivity index (χ0) is 9.84. The van der Waals surface area contributed by atoms with E-state index in [1.807, 2.05) is 6.07 Å². The van der Waals surface area contributed by atoms with Crippen LogP contribution in [0.5, 0.6) is 0 Å². The number of rotatable bonds is 2. The average Bonchev–Trinajstić information content (AvgIpc) is 2.16. The molecule has 0 aliphatic rings. The molecule has 1 N–H and O–H groups in total. The Balaban J connectivity index is 3.17. The molecular formula is C10H9ClNO. The van der Waals surface area contributed by atoms with E-state index >= 15 is 0 Å². The number of benzene rings is 1. The molecule has 67 valence electrons. The fourth-order valence-electron chi connectivity index (χ4n) is 1.05. The molecule has 1 radical (unpaired) electrons. The Hall–Kier alpha value is -1.04. The first-order valence-corrected chi connectivity index (χ1v) is 4.20. The summed E-state index contributed by atoms with van der Waals surface area (Å²) in [5, 5.41) is 18.2. The van der Waals surface area contributed by atoms with Crippen LogP contribution in [-0.2, 0) is 0 Å². The molecule has 0 spiro atoms. The van der Waals surface area contributed by atoms with Crippen LogP contribution < -0.4 is 0 Å². The summed E-state index contributed by atoms with van der Waals surface area (Å²) in [5.41, 5.74) is 1.26. The molecule has 1 aromatic carbocycles. The van der Waals surface area contributed by atoms with Crippen LogP contribution in [-0.4, -0.2) is 11.7 Å². The molecule has 0 aromatic heterocycles. The van der Waals surface area contributed by atoms with Crippen LogP contribution in [0.15, 0.2) is 18.2 Å². The quantitative estimate of drug-likeness (QED) is 0.784. The van der Waals surface area contributed by atoms with Crippen molar-refractivity contribution in [2.24, 2.45) is 0 Å². The second-order valence-corrected chi connectivity index (χ2v) is 3.18. The molecule has 3 heteroatoms. The smallest absolute Gasteiger partial charge is 0.0994 e. The molecule has 1 aromatic rings. The molecule has 0 heterocycles. The number of aliphatic hydroxyl groups excluding tert-OH is 1. The van der Waals surface area contributed by atoms with Crippen LogP contribution in [0.3, 0.4) is 0 Å². The summed E-state index contributed by atoms with van der Waals surface area (Å²) in [6, 6.07) is 7.04. The van der Waals surface area contributed by atoms with Gasteiger partial charge in [-0.15, -0.1) is 0 Å². The average molecular weight is 195 g/mol. The van der Waals surface area contributed by atoms with Gasteiger partial charge in [0, 0.05) is 10.9 Å². The minimum atomic E-state index is -0.0605. The second-order valence-electron chi connectivity index (χ2n) is 2.74.